The summed E-state index contributed by atoms with van der Waals surface area (Å²) in [4.78, 5) is 0. The summed E-state index contributed by atoms with van der Waals surface area (Å²) < 4.78 is 0. The van der Waals surface area contributed by atoms with Crippen LogP contribution >= 0.6 is 0 Å². The van der Waals surface area contributed by atoms with Gasteiger partial charge in [-0.2, -0.15) is 0 Å². The molecule has 4 nitrogen and oxygen atoms in total. The monoisotopic (exact) mass is 234 g/mol. The van der Waals surface area contributed by atoms with Gasteiger partial charge in [0.1, 0.15) is 0 Å². The highest BCUT2D eigenvalue weighted by Gasteiger charge is 2.21. The van der Waals surface area contributed by atoms with E-state index in [0.717, 1.165) is 0 Å². The molecular weight excluding hydrogens is 208 g/mol. The molecule has 0 amide bonds. The molecule has 0 spiro atoms. The molecule has 3 atom stereocenters. The predicted molar refractivity (Wildman–Crippen MR) is 63.1 cm³/mol. The fourth-order valence-electron chi connectivity index (χ4n) is 1.68. The second-order valence-corrected chi connectivity index (χ2v) is 5.20. The quantitative estimate of drug-likeness (QED) is 0.501. The number of hydrogen-bond donors (Lipinski definition) is 4. The Kier molecular flexibility index (Phi) is 7.15. The molecule has 0 aromatic rings. The molecule has 0 radical (unpaired) electrons. The lowest BCUT2D eigenvalue weighted by atomic mass is 9.95. The zero-order chi connectivity index (χ0) is 12.8. The predicted octanol–water partition coefficient (Wildman–Crippen LogP) is 0.810. The molecule has 0 saturated heterocycles. The highest BCUT2D eigenvalue weighted by atomic mass is 16.3. The van der Waals surface area contributed by atoms with Crippen LogP contribution in [0.4, 0.5) is 0 Å². The SMILES string of the molecule is CCC(O)CCC(O)CC(O)CC(C)(C)O. The van der Waals surface area contributed by atoms with Crippen LogP contribution in [0.5, 0.6) is 0 Å². The maximum Gasteiger partial charge on any atom is 0.0616 e. The van der Waals surface area contributed by atoms with Crippen molar-refractivity contribution >= 4 is 0 Å². The molecule has 16 heavy (non-hydrogen) atoms. The van der Waals surface area contributed by atoms with Gasteiger partial charge >= 0.3 is 0 Å². The van der Waals surface area contributed by atoms with Crippen molar-refractivity contribution in [2.24, 2.45) is 0 Å². The van der Waals surface area contributed by atoms with Gasteiger partial charge in [0.2, 0.25) is 0 Å². The van der Waals surface area contributed by atoms with E-state index in [4.69, 9.17) is 0 Å². The van der Waals surface area contributed by atoms with Crippen LogP contribution in [0, 0.1) is 0 Å². The normalized spacial score (nSPS) is 18.2. The average Bonchev–Trinajstić information content (AvgIpc) is 2.10. The lowest BCUT2D eigenvalue weighted by Crippen LogP contribution is -2.29. The molecule has 0 aromatic carbocycles. The minimum absolute atomic E-state index is 0.250. The Morgan fingerprint density at radius 1 is 0.938 bits per heavy atom. The third kappa shape index (κ3) is 9.09. The summed E-state index contributed by atoms with van der Waals surface area (Å²) in [6.45, 7) is 5.15. The van der Waals surface area contributed by atoms with Gasteiger partial charge in [0.15, 0.2) is 0 Å². The Bertz CT molecular complexity index is 176. The summed E-state index contributed by atoms with van der Waals surface area (Å²) in [6.07, 6.45) is 0.526. The van der Waals surface area contributed by atoms with Crippen LogP contribution in [-0.4, -0.2) is 44.3 Å². The minimum atomic E-state index is -0.915. The number of aliphatic hydroxyl groups excluding tert-OH is 3. The highest BCUT2D eigenvalue weighted by molar-refractivity contribution is 4.74. The van der Waals surface area contributed by atoms with E-state index in [9.17, 15) is 20.4 Å². The summed E-state index contributed by atoms with van der Waals surface area (Å²) >= 11 is 0. The van der Waals surface area contributed by atoms with Crippen molar-refractivity contribution in [3.63, 3.8) is 0 Å². The third-order valence-electron chi connectivity index (χ3n) is 2.58. The molecule has 3 unspecified atom stereocenters. The Hall–Kier alpha value is -0.160. The molecule has 0 rings (SSSR count). The molecule has 0 saturated carbocycles. The minimum Gasteiger partial charge on any atom is -0.393 e. The van der Waals surface area contributed by atoms with E-state index in [1.165, 1.54) is 0 Å². The van der Waals surface area contributed by atoms with Crippen LogP contribution in [0.2, 0.25) is 0 Å². The summed E-state index contributed by atoms with van der Waals surface area (Å²) in [5, 5.41) is 38.0. The van der Waals surface area contributed by atoms with E-state index in [1.54, 1.807) is 13.8 Å². The van der Waals surface area contributed by atoms with Crippen LogP contribution in [-0.2, 0) is 0 Å². The van der Waals surface area contributed by atoms with Gasteiger partial charge < -0.3 is 20.4 Å². The fourth-order valence-corrected chi connectivity index (χ4v) is 1.68. The first-order valence-corrected chi connectivity index (χ1v) is 6.01. The molecule has 0 aliphatic heterocycles. The van der Waals surface area contributed by atoms with Gasteiger partial charge in [-0.1, -0.05) is 6.92 Å². The van der Waals surface area contributed by atoms with Gasteiger partial charge in [0, 0.05) is 6.42 Å². The molecule has 0 fully saturated rings. The molecule has 4 heteroatoms. The van der Waals surface area contributed by atoms with Crippen LogP contribution in [0.25, 0.3) is 0 Å². The van der Waals surface area contributed by atoms with Crippen LogP contribution in [0.3, 0.4) is 0 Å². The first-order valence-electron chi connectivity index (χ1n) is 6.01. The summed E-state index contributed by atoms with van der Waals surface area (Å²) in [7, 11) is 0. The summed E-state index contributed by atoms with van der Waals surface area (Å²) in [5.41, 5.74) is -0.915. The molecule has 0 aliphatic rings. The Labute approximate surface area is 97.9 Å². The van der Waals surface area contributed by atoms with Gasteiger partial charge in [0.25, 0.3) is 0 Å². The largest absolute Gasteiger partial charge is 0.393 e. The number of hydrogen-bond acceptors (Lipinski definition) is 4. The van der Waals surface area contributed by atoms with Crippen molar-refractivity contribution in [1.82, 2.24) is 0 Å². The average molecular weight is 234 g/mol. The first-order chi connectivity index (χ1) is 7.24. The van der Waals surface area contributed by atoms with Gasteiger partial charge in [-0.25, -0.2) is 0 Å². The second kappa shape index (κ2) is 7.22. The van der Waals surface area contributed by atoms with Crippen molar-refractivity contribution in [2.75, 3.05) is 0 Å². The van der Waals surface area contributed by atoms with Crippen molar-refractivity contribution in [1.29, 1.82) is 0 Å². The number of rotatable bonds is 8. The van der Waals surface area contributed by atoms with E-state index in [2.05, 4.69) is 0 Å². The van der Waals surface area contributed by atoms with Gasteiger partial charge in [-0.3, -0.25) is 0 Å². The number of aliphatic hydroxyl groups is 4. The Balaban J connectivity index is 3.74. The molecule has 98 valence electrons. The standard InChI is InChI=1S/C12H26O4/c1-4-9(13)5-6-10(14)7-11(15)8-12(2,3)16/h9-11,13-16H,4-8H2,1-3H3. The highest BCUT2D eigenvalue weighted by Crippen LogP contribution is 2.16. The zero-order valence-electron chi connectivity index (χ0n) is 10.6. The fraction of sp³-hybridized carbons (Fsp3) is 1.00. The lowest BCUT2D eigenvalue weighted by molar-refractivity contribution is -0.00451. The van der Waals surface area contributed by atoms with E-state index >= 15 is 0 Å². The van der Waals surface area contributed by atoms with Crippen LogP contribution < -0.4 is 0 Å². The maximum absolute atomic E-state index is 9.61. The molecular formula is C12H26O4. The van der Waals surface area contributed by atoms with E-state index in [1.807, 2.05) is 6.92 Å². The summed E-state index contributed by atoms with van der Waals surface area (Å²) in [6, 6.07) is 0. The van der Waals surface area contributed by atoms with Crippen molar-refractivity contribution in [3.8, 4) is 0 Å². The Morgan fingerprint density at radius 2 is 1.44 bits per heavy atom. The zero-order valence-corrected chi connectivity index (χ0v) is 10.6. The van der Waals surface area contributed by atoms with Gasteiger partial charge in [0.05, 0.1) is 23.9 Å². The van der Waals surface area contributed by atoms with Crippen LogP contribution in [0.15, 0.2) is 0 Å². The third-order valence-corrected chi connectivity index (χ3v) is 2.58. The maximum atomic E-state index is 9.61. The van der Waals surface area contributed by atoms with Gasteiger partial charge in [-0.05, 0) is 39.5 Å². The topological polar surface area (TPSA) is 80.9 Å². The van der Waals surface area contributed by atoms with Gasteiger partial charge in [-0.15, -0.1) is 0 Å². The van der Waals surface area contributed by atoms with E-state index in [-0.39, 0.29) is 18.9 Å². The molecule has 0 bridgehead atoms. The molecule has 0 heterocycles. The van der Waals surface area contributed by atoms with Crippen molar-refractivity contribution < 1.29 is 20.4 Å². The van der Waals surface area contributed by atoms with E-state index in [0.29, 0.717) is 19.3 Å². The summed E-state index contributed by atoms with van der Waals surface area (Å²) in [5.74, 6) is 0. The second-order valence-electron chi connectivity index (χ2n) is 5.20. The molecule has 0 aromatic heterocycles. The van der Waals surface area contributed by atoms with Crippen molar-refractivity contribution in [3.05, 3.63) is 0 Å². The lowest BCUT2D eigenvalue weighted by Gasteiger charge is -2.23. The molecule has 0 aliphatic carbocycles. The first kappa shape index (κ1) is 15.8. The van der Waals surface area contributed by atoms with E-state index < -0.39 is 17.8 Å². The smallest absolute Gasteiger partial charge is 0.0616 e. The van der Waals surface area contributed by atoms with Crippen molar-refractivity contribution in [2.45, 2.75) is 76.8 Å². The Morgan fingerprint density at radius 3 is 1.88 bits per heavy atom. The molecule has 4 N–H and O–H groups in total. The van der Waals surface area contributed by atoms with Crippen LogP contribution in [0.1, 0.15) is 52.9 Å².